The average molecular weight is 150 g/mol. The van der Waals surface area contributed by atoms with Crippen LogP contribution in [-0.2, 0) is 0 Å². The summed E-state index contributed by atoms with van der Waals surface area (Å²) in [6.07, 6.45) is 1.44. The van der Waals surface area contributed by atoms with Crippen molar-refractivity contribution in [3.63, 3.8) is 0 Å². The van der Waals surface area contributed by atoms with E-state index in [0.717, 1.165) is 0 Å². The molecule has 0 atom stereocenters. The number of nitrogens with zero attached hydrogens (tertiary/aromatic N) is 3. The third-order valence-electron chi connectivity index (χ3n) is 1.43. The lowest BCUT2D eigenvalue weighted by Crippen LogP contribution is -1.91. The van der Waals surface area contributed by atoms with Crippen LogP contribution in [0.1, 0.15) is 0 Å². The molecule has 0 aliphatic carbocycles. The summed E-state index contributed by atoms with van der Waals surface area (Å²) in [6.45, 7) is 0. The third kappa shape index (κ3) is 0.487. The van der Waals surface area contributed by atoms with Gasteiger partial charge in [-0.05, 0) is 0 Å². The summed E-state index contributed by atoms with van der Waals surface area (Å²) in [7, 11) is 0. The lowest BCUT2D eigenvalue weighted by atomic mass is 10.4. The fourth-order valence-corrected chi connectivity index (χ4v) is 0.966. The highest BCUT2D eigenvalue weighted by molar-refractivity contribution is 5.58. The molecule has 6 heteroatoms. The number of H-pyrrole nitrogens is 1. The lowest BCUT2D eigenvalue weighted by Gasteiger charge is -1.89. The molecule has 0 spiro atoms. The van der Waals surface area contributed by atoms with E-state index in [-0.39, 0.29) is 0 Å². The Hall–Kier alpha value is -1.85. The topological polar surface area (TPSA) is 72.9 Å². The number of rotatable bonds is 0. The average Bonchev–Trinajstić information content (AvgIpc) is 2.58. The van der Waals surface area contributed by atoms with Gasteiger partial charge in [-0.15, -0.1) is 0 Å². The van der Waals surface area contributed by atoms with Crippen LogP contribution in [-0.4, -0.2) is 19.9 Å². The van der Waals surface area contributed by atoms with Crippen LogP contribution >= 0.6 is 0 Å². The maximum atomic E-state index is 4.71. The number of imidazole rings is 1. The molecule has 0 unspecified atom stereocenters. The van der Waals surface area contributed by atoms with Crippen LogP contribution in [0.25, 0.3) is 11.5 Å². The predicted octanol–water partition coefficient (Wildman–Crippen LogP) is -0.00930. The first kappa shape index (κ1) is 4.89. The fraction of sp³-hybridized carbons (Fsp3) is 0. The molecule has 54 valence electrons. The van der Waals surface area contributed by atoms with Crippen molar-refractivity contribution in [1.29, 1.82) is 0 Å². The van der Waals surface area contributed by atoms with E-state index in [1.54, 1.807) is 0 Å². The molecule has 3 heterocycles. The molecule has 3 aliphatic heterocycles. The summed E-state index contributed by atoms with van der Waals surface area (Å²) in [4.78, 5) is 23.8. The normalized spacial score (nSPS) is 13.1. The van der Waals surface area contributed by atoms with Crippen LogP contribution in [0.2, 0.25) is 0 Å². The van der Waals surface area contributed by atoms with Gasteiger partial charge in [0.25, 0.3) is 0 Å². The largest absolute Gasteiger partial charge is 0.350 e. The Morgan fingerprint density at radius 2 is 2.27 bits per heavy atom. The highest BCUT2D eigenvalue weighted by Crippen LogP contribution is 2.31. The zero-order chi connectivity index (χ0) is 7.26. The van der Waals surface area contributed by atoms with Crippen LogP contribution in [0.3, 0.4) is 0 Å². The number of hydrogen-bond acceptors (Lipinski definition) is 5. The quantitative estimate of drug-likeness (QED) is 0.534. The highest BCUT2D eigenvalue weighted by atomic mass is 17.2. The van der Waals surface area contributed by atoms with Gasteiger partial charge in [-0.2, -0.15) is 4.98 Å². The number of aromatic nitrogens is 4. The first-order valence-electron chi connectivity index (χ1n) is 2.99. The summed E-state index contributed by atoms with van der Waals surface area (Å²) < 4.78 is 0. The molecular weight excluding hydrogens is 148 g/mol. The van der Waals surface area contributed by atoms with Crippen molar-refractivity contribution in [2.45, 2.75) is 0 Å². The maximum absolute atomic E-state index is 4.71. The van der Waals surface area contributed by atoms with Gasteiger partial charge >= 0.3 is 11.9 Å². The van der Waals surface area contributed by atoms with Gasteiger partial charge in [0.15, 0.2) is 11.5 Å². The summed E-state index contributed by atoms with van der Waals surface area (Å²) in [5, 5.41) is 0. The van der Waals surface area contributed by atoms with Gasteiger partial charge in [0.2, 0.25) is 0 Å². The van der Waals surface area contributed by atoms with Crippen LogP contribution < -0.4 is 9.78 Å². The van der Waals surface area contributed by atoms with E-state index in [0.29, 0.717) is 23.4 Å². The second-order valence-electron chi connectivity index (χ2n) is 2.08. The molecule has 0 fully saturated rings. The van der Waals surface area contributed by atoms with Gasteiger partial charge in [0, 0.05) is 0 Å². The molecule has 0 radical (unpaired) electrons. The Balaban J connectivity index is 2.47. The third-order valence-corrected chi connectivity index (χ3v) is 1.43. The van der Waals surface area contributed by atoms with E-state index in [4.69, 9.17) is 4.89 Å². The van der Waals surface area contributed by atoms with Crippen LogP contribution in [0, 0.1) is 0 Å². The summed E-state index contributed by atoms with van der Waals surface area (Å²) in [5.74, 6) is 0.994. The SMILES string of the molecule is c1nc2[nH]c3nc(c-2n1)OO3. The molecule has 0 aromatic rings. The molecule has 2 bridgehead atoms. The molecular formula is C5H2N4O2. The molecule has 0 saturated heterocycles. The Morgan fingerprint density at radius 3 is 3.27 bits per heavy atom. The van der Waals surface area contributed by atoms with Crippen molar-refractivity contribution >= 4 is 0 Å². The number of nitrogens with one attached hydrogen (secondary N) is 1. The van der Waals surface area contributed by atoms with E-state index in [1.807, 2.05) is 0 Å². The van der Waals surface area contributed by atoms with Crippen molar-refractivity contribution in [1.82, 2.24) is 19.9 Å². The van der Waals surface area contributed by atoms with Gasteiger partial charge in [0.1, 0.15) is 6.33 Å². The van der Waals surface area contributed by atoms with E-state index in [1.165, 1.54) is 6.33 Å². The van der Waals surface area contributed by atoms with Gasteiger partial charge in [-0.25, -0.2) is 14.9 Å². The fourth-order valence-electron chi connectivity index (χ4n) is 0.966. The summed E-state index contributed by atoms with van der Waals surface area (Å²) in [5.41, 5.74) is 0.589. The molecule has 1 N–H and O–H groups in total. The van der Waals surface area contributed by atoms with Crippen molar-refractivity contribution < 1.29 is 9.78 Å². The monoisotopic (exact) mass is 150 g/mol. The molecule has 0 aromatic carbocycles. The molecule has 6 nitrogen and oxygen atoms in total. The minimum atomic E-state index is 0.313. The van der Waals surface area contributed by atoms with E-state index in [9.17, 15) is 0 Å². The van der Waals surface area contributed by atoms with Gasteiger partial charge in [0.05, 0.1) is 0 Å². The number of fused-ring (bicyclic) bond motifs is 4. The minimum absolute atomic E-state index is 0.313. The number of hydrogen-bond donors (Lipinski definition) is 1. The molecule has 11 heavy (non-hydrogen) atoms. The first-order valence-corrected chi connectivity index (χ1v) is 2.99. The Labute approximate surface area is 60.5 Å². The Bertz CT molecular complexity index is 384. The van der Waals surface area contributed by atoms with Crippen molar-refractivity contribution in [3.05, 3.63) is 6.33 Å². The van der Waals surface area contributed by atoms with Gasteiger partial charge < -0.3 is 0 Å². The molecule has 0 aromatic heterocycles. The Morgan fingerprint density at radius 1 is 1.27 bits per heavy atom. The van der Waals surface area contributed by atoms with Gasteiger partial charge in [-0.1, -0.05) is 0 Å². The molecule has 0 amide bonds. The van der Waals surface area contributed by atoms with Crippen molar-refractivity contribution in [3.8, 4) is 23.4 Å². The van der Waals surface area contributed by atoms with Crippen LogP contribution in [0.5, 0.6) is 11.9 Å². The van der Waals surface area contributed by atoms with Crippen molar-refractivity contribution in [2.24, 2.45) is 0 Å². The minimum Gasteiger partial charge on any atom is -0.288 e. The lowest BCUT2D eigenvalue weighted by molar-refractivity contribution is -0.0876. The maximum Gasteiger partial charge on any atom is 0.350 e. The van der Waals surface area contributed by atoms with E-state index >= 15 is 0 Å². The summed E-state index contributed by atoms with van der Waals surface area (Å²) in [6, 6.07) is 0.313. The zero-order valence-electron chi connectivity index (χ0n) is 5.24. The second kappa shape index (κ2) is 1.42. The number of aromatic amines is 1. The van der Waals surface area contributed by atoms with Crippen molar-refractivity contribution in [2.75, 3.05) is 0 Å². The second-order valence-corrected chi connectivity index (χ2v) is 2.08. The van der Waals surface area contributed by atoms with Crippen LogP contribution in [0.4, 0.5) is 0 Å². The molecule has 0 saturated carbocycles. The van der Waals surface area contributed by atoms with Gasteiger partial charge in [-0.3, -0.25) is 9.87 Å². The molecule has 3 aliphatic rings. The highest BCUT2D eigenvalue weighted by Gasteiger charge is 2.24. The van der Waals surface area contributed by atoms with Crippen LogP contribution in [0.15, 0.2) is 6.33 Å². The molecule has 3 rings (SSSR count). The zero-order valence-corrected chi connectivity index (χ0v) is 5.24. The summed E-state index contributed by atoms with van der Waals surface area (Å²) >= 11 is 0. The predicted molar refractivity (Wildman–Crippen MR) is 32.1 cm³/mol. The first-order chi connectivity index (χ1) is 5.43. The van der Waals surface area contributed by atoms with E-state index < -0.39 is 0 Å². The van der Waals surface area contributed by atoms with E-state index in [2.05, 4.69) is 24.8 Å². The Kier molecular flexibility index (Phi) is 0.630. The smallest absolute Gasteiger partial charge is 0.288 e. The standard InChI is InChI=1S/C5H2N4O2/c1-6-2-3(7-1)8-5-9-4(2)10-11-5/h1H,(H,6,7,8,9).